The van der Waals surface area contributed by atoms with Gasteiger partial charge in [0.15, 0.2) is 0 Å². The van der Waals surface area contributed by atoms with Crippen molar-refractivity contribution in [1.82, 2.24) is 5.32 Å². The Morgan fingerprint density at radius 2 is 2.00 bits per heavy atom. The van der Waals surface area contributed by atoms with E-state index in [2.05, 4.69) is 5.32 Å². The van der Waals surface area contributed by atoms with Crippen LogP contribution in [0.15, 0.2) is 18.2 Å². The van der Waals surface area contributed by atoms with Crippen LogP contribution in [0.25, 0.3) is 0 Å². The molecule has 1 aromatic rings. The number of nitriles is 1. The molecule has 1 N–H and O–H groups in total. The van der Waals surface area contributed by atoms with E-state index in [1.54, 1.807) is 19.1 Å². The molecule has 0 saturated heterocycles. The molecule has 0 fully saturated rings. The molecule has 0 spiro atoms. The Kier molecular flexibility index (Phi) is 4.13. The average molecular weight is 242 g/mol. The van der Waals surface area contributed by atoms with Crippen molar-refractivity contribution >= 4 is 0 Å². The second-order valence-corrected chi connectivity index (χ2v) is 3.92. The molecule has 0 heterocycles. The van der Waals surface area contributed by atoms with Crippen molar-refractivity contribution in [3.05, 3.63) is 34.9 Å². The standard InChI is InChI=1S/C12H13F3N2/c1-8-3-4-9(2)10(5-8)11(6-16)17-7-12(13,14)15/h3-5,11,17H,7H2,1-2H3. The van der Waals surface area contributed by atoms with Crippen molar-refractivity contribution in [2.75, 3.05) is 6.54 Å². The van der Waals surface area contributed by atoms with Gasteiger partial charge in [-0.15, -0.1) is 0 Å². The number of alkyl halides is 3. The van der Waals surface area contributed by atoms with Crippen molar-refractivity contribution in [3.63, 3.8) is 0 Å². The summed E-state index contributed by atoms with van der Waals surface area (Å²) in [5.41, 5.74) is 2.31. The summed E-state index contributed by atoms with van der Waals surface area (Å²) >= 11 is 0. The first-order valence-corrected chi connectivity index (χ1v) is 5.10. The number of hydrogen-bond donors (Lipinski definition) is 1. The Morgan fingerprint density at radius 1 is 1.35 bits per heavy atom. The lowest BCUT2D eigenvalue weighted by molar-refractivity contribution is -0.125. The van der Waals surface area contributed by atoms with E-state index in [1.165, 1.54) is 0 Å². The smallest absolute Gasteiger partial charge is 0.290 e. The lowest BCUT2D eigenvalue weighted by atomic mass is 10.00. The maximum atomic E-state index is 12.1. The molecular formula is C12H13F3N2. The molecule has 17 heavy (non-hydrogen) atoms. The Balaban J connectivity index is 2.88. The van der Waals surface area contributed by atoms with E-state index >= 15 is 0 Å². The van der Waals surface area contributed by atoms with Crippen LogP contribution < -0.4 is 5.32 Å². The lowest BCUT2D eigenvalue weighted by Crippen LogP contribution is -2.31. The zero-order valence-electron chi connectivity index (χ0n) is 9.60. The van der Waals surface area contributed by atoms with Gasteiger partial charge >= 0.3 is 6.18 Å². The van der Waals surface area contributed by atoms with Crippen LogP contribution in [0.2, 0.25) is 0 Å². The van der Waals surface area contributed by atoms with Crippen LogP contribution in [0.3, 0.4) is 0 Å². The highest BCUT2D eigenvalue weighted by molar-refractivity contribution is 5.35. The molecule has 0 aromatic heterocycles. The highest BCUT2D eigenvalue weighted by atomic mass is 19.4. The zero-order valence-corrected chi connectivity index (χ0v) is 9.60. The van der Waals surface area contributed by atoms with Crippen molar-refractivity contribution in [2.45, 2.75) is 26.1 Å². The van der Waals surface area contributed by atoms with Crippen LogP contribution in [0, 0.1) is 25.2 Å². The lowest BCUT2D eigenvalue weighted by Gasteiger charge is -2.16. The molecule has 0 bridgehead atoms. The molecule has 1 atom stereocenters. The third-order valence-electron chi connectivity index (χ3n) is 2.38. The van der Waals surface area contributed by atoms with E-state index in [0.29, 0.717) is 5.56 Å². The summed E-state index contributed by atoms with van der Waals surface area (Å²) in [6, 6.07) is 6.30. The first-order valence-electron chi connectivity index (χ1n) is 5.10. The number of halogens is 3. The summed E-state index contributed by atoms with van der Waals surface area (Å²) in [4.78, 5) is 0. The van der Waals surface area contributed by atoms with E-state index in [-0.39, 0.29) is 0 Å². The molecule has 0 saturated carbocycles. The largest absolute Gasteiger partial charge is 0.401 e. The molecule has 0 radical (unpaired) electrons. The van der Waals surface area contributed by atoms with E-state index in [0.717, 1.165) is 11.1 Å². The van der Waals surface area contributed by atoms with Gasteiger partial charge in [0.1, 0.15) is 6.04 Å². The normalized spacial score (nSPS) is 13.2. The Morgan fingerprint density at radius 3 is 2.53 bits per heavy atom. The number of rotatable bonds is 3. The molecule has 0 amide bonds. The third-order valence-corrected chi connectivity index (χ3v) is 2.38. The molecule has 0 aliphatic rings. The Hall–Kier alpha value is -1.54. The number of nitrogens with one attached hydrogen (secondary N) is 1. The quantitative estimate of drug-likeness (QED) is 0.884. The Bertz CT molecular complexity index is 432. The van der Waals surface area contributed by atoms with Gasteiger partial charge in [0.05, 0.1) is 12.6 Å². The highest BCUT2D eigenvalue weighted by Crippen LogP contribution is 2.20. The van der Waals surface area contributed by atoms with Gasteiger partial charge in [-0.25, -0.2) is 0 Å². The number of aryl methyl sites for hydroxylation is 2. The minimum absolute atomic E-state index is 0.594. The molecule has 5 heteroatoms. The maximum absolute atomic E-state index is 12.1. The number of hydrogen-bond acceptors (Lipinski definition) is 2. The molecule has 1 aromatic carbocycles. The summed E-state index contributed by atoms with van der Waals surface area (Å²) in [6.07, 6.45) is -4.31. The van der Waals surface area contributed by atoms with Gasteiger partial charge in [0.25, 0.3) is 0 Å². The van der Waals surface area contributed by atoms with Crippen molar-refractivity contribution < 1.29 is 13.2 Å². The van der Waals surface area contributed by atoms with Gasteiger partial charge < -0.3 is 0 Å². The fourth-order valence-corrected chi connectivity index (χ4v) is 1.51. The monoisotopic (exact) mass is 242 g/mol. The van der Waals surface area contributed by atoms with E-state index in [9.17, 15) is 13.2 Å². The van der Waals surface area contributed by atoms with E-state index < -0.39 is 18.8 Å². The van der Waals surface area contributed by atoms with Gasteiger partial charge in [-0.05, 0) is 25.0 Å². The van der Waals surface area contributed by atoms with Crippen LogP contribution in [0.4, 0.5) is 13.2 Å². The van der Waals surface area contributed by atoms with Crippen LogP contribution in [-0.4, -0.2) is 12.7 Å². The second-order valence-electron chi connectivity index (χ2n) is 3.92. The molecule has 0 aliphatic heterocycles. The average Bonchev–Trinajstić information content (AvgIpc) is 2.22. The third kappa shape index (κ3) is 4.08. The minimum atomic E-state index is -4.31. The first kappa shape index (κ1) is 13.5. The number of benzene rings is 1. The van der Waals surface area contributed by atoms with Gasteiger partial charge in [-0.2, -0.15) is 18.4 Å². The minimum Gasteiger partial charge on any atom is -0.290 e. The van der Waals surface area contributed by atoms with Crippen molar-refractivity contribution in [3.8, 4) is 6.07 Å². The van der Waals surface area contributed by atoms with Crippen molar-refractivity contribution in [1.29, 1.82) is 5.26 Å². The van der Waals surface area contributed by atoms with Crippen LogP contribution in [0.5, 0.6) is 0 Å². The van der Waals surface area contributed by atoms with Crippen LogP contribution >= 0.6 is 0 Å². The van der Waals surface area contributed by atoms with Gasteiger partial charge in [0.2, 0.25) is 0 Å². The maximum Gasteiger partial charge on any atom is 0.401 e. The van der Waals surface area contributed by atoms with Gasteiger partial charge in [-0.3, -0.25) is 5.32 Å². The molecule has 0 aliphatic carbocycles. The summed E-state index contributed by atoms with van der Waals surface area (Å²) in [5.74, 6) is 0. The topological polar surface area (TPSA) is 35.8 Å². The fraction of sp³-hybridized carbons (Fsp3) is 0.417. The SMILES string of the molecule is Cc1ccc(C)c(C(C#N)NCC(F)(F)F)c1. The van der Waals surface area contributed by atoms with E-state index in [4.69, 9.17) is 5.26 Å². The Labute approximate surface area is 98.1 Å². The number of nitrogens with zero attached hydrogens (tertiary/aromatic N) is 1. The predicted octanol–water partition coefficient (Wildman–Crippen LogP) is 3.02. The molecule has 1 rings (SSSR count). The summed E-state index contributed by atoms with van der Waals surface area (Å²) in [6.45, 7) is 2.44. The molecule has 92 valence electrons. The summed E-state index contributed by atoms with van der Waals surface area (Å²) < 4.78 is 36.2. The van der Waals surface area contributed by atoms with Crippen LogP contribution in [-0.2, 0) is 0 Å². The molecular weight excluding hydrogens is 229 g/mol. The molecule has 2 nitrogen and oxygen atoms in total. The van der Waals surface area contributed by atoms with Gasteiger partial charge in [0, 0.05) is 0 Å². The highest BCUT2D eigenvalue weighted by Gasteiger charge is 2.28. The summed E-state index contributed by atoms with van der Waals surface area (Å²) in [5, 5.41) is 11.1. The zero-order chi connectivity index (χ0) is 13.1. The van der Waals surface area contributed by atoms with Crippen molar-refractivity contribution in [2.24, 2.45) is 0 Å². The summed E-state index contributed by atoms with van der Waals surface area (Å²) in [7, 11) is 0. The first-order chi connectivity index (χ1) is 7.83. The predicted molar refractivity (Wildman–Crippen MR) is 58.3 cm³/mol. The van der Waals surface area contributed by atoms with Gasteiger partial charge in [-0.1, -0.05) is 23.8 Å². The second kappa shape index (κ2) is 5.19. The fourth-order valence-electron chi connectivity index (χ4n) is 1.51. The van der Waals surface area contributed by atoms with Crippen LogP contribution in [0.1, 0.15) is 22.7 Å². The van der Waals surface area contributed by atoms with E-state index in [1.807, 2.05) is 19.1 Å². The molecule has 1 unspecified atom stereocenters.